The van der Waals surface area contributed by atoms with Crippen LogP contribution in [-0.4, -0.2) is 45.5 Å². The van der Waals surface area contributed by atoms with Crippen molar-refractivity contribution < 1.29 is 4.39 Å². The first-order valence-electron chi connectivity index (χ1n) is 6.81. The Balaban J connectivity index is 1.63. The summed E-state index contributed by atoms with van der Waals surface area (Å²) in [7, 11) is 0. The molecule has 0 bridgehead atoms. The van der Waals surface area contributed by atoms with Crippen molar-refractivity contribution in [3.63, 3.8) is 0 Å². The Kier molecular flexibility index (Phi) is 3.64. The average Bonchev–Trinajstić information content (AvgIpc) is 2.93. The zero-order valence-corrected chi connectivity index (χ0v) is 11.5. The summed E-state index contributed by atoms with van der Waals surface area (Å²) < 4.78 is 12.9. The molecule has 0 spiro atoms. The van der Waals surface area contributed by atoms with E-state index in [-0.39, 0.29) is 5.82 Å². The molecule has 1 fully saturated rings. The predicted octanol–water partition coefficient (Wildman–Crippen LogP) is 1.65. The number of anilines is 1. The van der Waals surface area contributed by atoms with Gasteiger partial charge in [-0.25, -0.2) is 14.4 Å². The molecule has 2 aromatic rings. The fourth-order valence-electron chi connectivity index (χ4n) is 2.65. The standard InChI is InChI=1S/C14H18FN5/c1-11-9-19(10-13-16-4-5-17-13)6-7-20(11)14-3-2-12(15)8-18-14/h2-5,8,11H,6-7,9-10H2,1H3,(H,16,17). The minimum absolute atomic E-state index is 0.294. The maximum absolute atomic E-state index is 12.9. The first kappa shape index (κ1) is 13.1. The summed E-state index contributed by atoms with van der Waals surface area (Å²) >= 11 is 0. The van der Waals surface area contributed by atoms with Gasteiger partial charge in [0.2, 0.25) is 0 Å². The van der Waals surface area contributed by atoms with Gasteiger partial charge in [0, 0.05) is 38.1 Å². The Morgan fingerprint density at radius 2 is 2.25 bits per heavy atom. The average molecular weight is 275 g/mol. The van der Waals surface area contributed by atoms with Crippen LogP contribution in [0.1, 0.15) is 12.7 Å². The Labute approximate surface area is 117 Å². The van der Waals surface area contributed by atoms with Gasteiger partial charge in [-0.2, -0.15) is 0 Å². The van der Waals surface area contributed by atoms with Crippen LogP contribution in [0.25, 0.3) is 0 Å². The molecule has 1 aliphatic heterocycles. The maximum atomic E-state index is 12.9. The van der Waals surface area contributed by atoms with Crippen molar-refractivity contribution in [1.29, 1.82) is 0 Å². The highest BCUT2D eigenvalue weighted by molar-refractivity contribution is 5.40. The summed E-state index contributed by atoms with van der Waals surface area (Å²) in [6, 6.07) is 3.55. The van der Waals surface area contributed by atoms with E-state index in [1.54, 1.807) is 12.3 Å². The van der Waals surface area contributed by atoms with Crippen molar-refractivity contribution in [2.45, 2.75) is 19.5 Å². The molecule has 0 amide bonds. The normalized spacial score (nSPS) is 20.3. The van der Waals surface area contributed by atoms with E-state index in [0.717, 1.165) is 37.8 Å². The lowest BCUT2D eigenvalue weighted by Crippen LogP contribution is -2.52. The molecule has 5 nitrogen and oxygen atoms in total. The summed E-state index contributed by atoms with van der Waals surface area (Å²) in [5.41, 5.74) is 0. The topological polar surface area (TPSA) is 48.1 Å². The first-order valence-corrected chi connectivity index (χ1v) is 6.81. The number of hydrogen-bond donors (Lipinski definition) is 1. The molecule has 3 rings (SSSR count). The van der Waals surface area contributed by atoms with Gasteiger partial charge in [-0.1, -0.05) is 0 Å². The molecule has 0 radical (unpaired) electrons. The highest BCUT2D eigenvalue weighted by atomic mass is 19.1. The van der Waals surface area contributed by atoms with Crippen LogP contribution in [0.2, 0.25) is 0 Å². The van der Waals surface area contributed by atoms with Crippen LogP contribution >= 0.6 is 0 Å². The molecule has 3 heterocycles. The van der Waals surface area contributed by atoms with Gasteiger partial charge in [0.25, 0.3) is 0 Å². The van der Waals surface area contributed by atoms with Crippen LogP contribution in [0.4, 0.5) is 10.2 Å². The van der Waals surface area contributed by atoms with Crippen LogP contribution in [-0.2, 0) is 6.54 Å². The number of piperazine rings is 1. The molecular weight excluding hydrogens is 257 g/mol. The van der Waals surface area contributed by atoms with Gasteiger partial charge < -0.3 is 9.88 Å². The van der Waals surface area contributed by atoms with Crippen LogP contribution in [0, 0.1) is 5.82 Å². The molecule has 1 atom stereocenters. The van der Waals surface area contributed by atoms with E-state index in [4.69, 9.17) is 0 Å². The number of rotatable bonds is 3. The molecule has 6 heteroatoms. The smallest absolute Gasteiger partial charge is 0.141 e. The second-order valence-electron chi connectivity index (χ2n) is 5.15. The number of hydrogen-bond acceptors (Lipinski definition) is 4. The zero-order chi connectivity index (χ0) is 13.9. The van der Waals surface area contributed by atoms with E-state index in [1.165, 1.54) is 12.3 Å². The van der Waals surface area contributed by atoms with Gasteiger partial charge in [0.15, 0.2) is 0 Å². The molecule has 20 heavy (non-hydrogen) atoms. The minimum Gasteiger partial charge on any atom is -0.351 e. The molecule has 1 N–H and O–H groups in total. The van der Waals surface area contributed by atoms with Gasteiger partial charge in [-0.3, -0.25) is 4.90 Å². The van der Waals surface area contributed by atoms with Crippen LogP contribution < -0.4 is 4.90 Å². The zero-order valence-electron chi connectivity index (χ0n) is 11.5. The van der Waals surface area contributed by atoms with Crippen LogP contribution in [0.5, 0.6) is 0 Å². The monoisotopic (exact) mass is 275 g/mol. The van der Waals surface area contributed by atoms with Gasteiger partial charge >= 0.3 is 0 Å². The van der Waals surface area contributed by atoms with Crippen molar-refractivity contribution in [1.82, 2.24) is 19.9 Å². The summed E-state index contributed by atoms with van der Waals surface area (Å²) in [4.78, 5) is 16.1. The van der Waals surface area contributed by atoms with E-state index in [9.17, 15) is 4.39 Å². The van der Waals surface area contributed by atoms with Crippen molar-refractivity contribution >= 4 is 5.82 Å². The largest absolute Gasteiger partial charge is 0.351 e. The SMILES string of the molecule is CC1CN(Cc2ncc[nH]2)CCN1c1ccc(F)cn1. The molecule has 0 aromatic carbocycles. The second-order valence-corrected chi connectivity index (χ2v) is 5.15. The van der Waals surface area contributed by atoms with Crippen molar-refractivity contribution in [3.05, 3.63) is 42.4 Å². The number of H-pyrrole nitrogens is 1. The van der Waals surface area contributed by atoms with E-state index in [0.29, 0.717) is 6.04 Å². The second kappa shape index (κ2) is 5.58. The van der Waals surface area contributed by atoms with Crippen molar-refractivity contribution in [2.24, 2.45) is 0 Å². The Hall–Kier alpha value is -1.95. The van der Waals surface area contributed by atoms with Gasteiger partial charge in [-0.05, 0) is 19.1 Å². The van der Waals surface area contributed by atoms with Crippen molar-refractivity contribution in [2.75, 3.05) is 24.5 Å². The highest BCUT2D eigenvalue weighted by Crippen LogP contribution is 2.19. The van der Waals surface area contributed by atoms with Gasteiger partial charge in [0.05, 0.1) is 12.7 Å². The Bertz CT molecular complexity index is 539. The third kappa shape index (κ3) is 2.80. The first-order chi connectivity index (χ1) is 9.72. The number of nitrogens with one attached hydrogen (secondary N) is 1. The lowest BCUT2D eigenvalue weighted by molar-refractivity contribution is 0.216. The van der Waals surface area contributed by atoms with Gasteiger partial charge in [0.1, 0.15) is 17.5 Å². The fourth-order valence-corrected chi connectivity index (χ4v) is 2.65. The number of halogens is 1. The van der Waals surface area contributed by atoms with E-state index < -0.39 is 0 Å². The Morgan fingerprint density at radius 1 is 1.35 bits per heavy atom. The van der Waals surface area contributed by atoms with E-state index in [2.05, 4.69) is 31.7 Å². The number of aromatic nitrogens is 3. The van der Waals surface area contributed by atoms with E-state index in [1.807, 2.05) is 6.20 Å². The molecule has 1 aliphatic rings. The van der Waals surface area contributed by atoms with Crippen molar-refractivity contribution in [3.8, 4) is 0 Å². The van der Waals surface area contributed by atoms with Gasteiger partial charge in [-0.15, -0.1) is 0 Å². The summed E-state index contributed by atoms with van der Waals surface area (Å²) in [5, 5.41) is 0. The molecule has 1 unspecified atom stereocenters. The minimum atomic E-state index is -0.294. The highest BCUT2D eigenvalue weighted by Gasteiger charge is 2.24. The lowest BCUT2D eigenvalue weighted by Gasteiger charge is -2.40. The molecule has 0 aliphatic carbocycles. The van der Waals surface area contributed by atoms with Crippen LogP contribution in [0.15, 0.2) is 30.7 Å². The number of pyridine rings is 1. The quantitative estimate of drug-likeness (QED) is 0.925. The number of aromatic amines is 1. The summed E-state index contributed by atoms with van der Waals surface area (Å²) in [6.07, 6.45) is 4.90. The number of imidazole rings is 1. The van der Waals surface area contributed by atoms with Crippen LogP contribution in [0.3, 0.4) is 0 Å². The lowest BCUT2D eigenvalue weighted by atomic mass is 10.2. The maximum Gasteiger partial charge on any atom is 0.141 e. The molecule has 106 valence electrons. The fraction of sp³-hybridized carbons (Fsp3) is 0.429. The van der Waals surface area contributed by atoms with E-state index >= 15 is 0 Å². The molecular formula is C14H18FN5. The third-order valence-corrected chi connectivity index (χ3v) is 3.65. The molecule has 0 saturated carbocycles. The Morgan fingerprint density at radius 3 is 2.90 bits per heavy atom. The number of nitrogens with zero attached hydrogens (tertiary/aromatic N) is 4. The molecule has 1 saturated heterocycles. The predicted molar refractivity (Wildman–Crippen MR) is 74.9 cm³/mol. The summed E-state index contributed by atoms with van der Waals surface area (Å²) in [6.45, 7) is 5.78. The third-order valence-electron chi connectivity index (χ3n) is 3.65. The molecule has 2 aromatic heterocycles. The summed E-state index contributed by atoms with van der Waals surface area (Å²) in [5.74, 6) is 1.54.